The van der Waals surface area contributed by atoms with Crippen LogP contribution in [-0.4, -0.2) is 50.0 Å². The Labute approximate surface area is 175 Å². The Morgan fingerprint density at radius 3 is 2.27 bits per heavy atom. The molecule has 0 saturated carbocycles. The molecule has 30 heavy (non-hydrogen) atoms. The molecule has 0 radical (unpaired) electrons. The van der Waals surface area contributed by atoms with Crippen LogP contribution in [0.15, 0.2) is 42.6 Å². The molecule has 1 fully saturated rings. The number of nitrogens with zero attached hydrogens (tertiary/aromatic N) is 3. The number of carbonyl (C=O) groups is 1. The maximum absolute atomic E-state index is 13.2. The summed E-state index contributed by atoms with van der Waals surface area (Å²) in [6, 6.07) is 8.74. The van der Waals surface area contributed by atoms with Crippen molar-refractivity contribution in [3.8, 4) is 11.5 Å². The molecule has 2 aromatic rings. The van der Waals surface area contributed by atoms with Gasteiger partial charge < -0.3 is 9.80 Å². The van der Waals surface area contributed by atoms with Crippen molar-refractivity contribution in [3.63, 3.8) is 0 Å². The summed E-state index contributed by atoms with van der Waals surface area (Å²) < 4.78 is 39.7. The number of amides is 1. The van der Waals surface area contributed by atoms with Gasteiger partial charge in [0.1, 0.15) is 13.9 Å². The van der Waals surface area contributed by atoms with Crippen molar-refractivity contribution in [3.05, 3.63) is 59.3 Å². The smallest absolute Gasteiger partial charge is 0.353 e. The monoisotopic (exact) mass is 431 g/mol. The first-order chi connectivity index (χ1) is 14.0. The molecule has 1 aliphatic rings. The summed E-state index contributed by atoms with van der Waals surface area (Å²) in [6.07, 6.45) is -2.82. The number of halogens is 3. The maximum Gasteiger partial charge on any atom is 0.417 e. The van der Waals surface area contributed by atoms with Crippen molar-refractivity contribution in [1.82, 2.24) is 9.88 Å². The Hall–Kier alpha value is -2.79. The highest BCUT2D eigenvalue weighted by Crippen LogP contribution is 2.32. The highest BCUT2D eigenvalue weighted by Gasteiger charge is 2.36. The van der Waals surface area contributed by atoms with Gasteiger partial charge in [0.25, 0.3) is 5.91 Å². The number of aromatic nitrogens is 1. The van der Waals surface area contributed by atoms with E-state index in [-0.39, 0.29) is 5.56 Å². The van der Waals surface area contributed by atoms with Crippen LogP contribution in [0.5, 0.6) is 0 Å². The average molecular weight is 432 g/mol. The normalized spacial score (nSPS) is 14.9. The number of carbonyl (C=O) groups excluding carboxylic acids is 1. The zero-order chi connectivity index (χ0) is 21.9. The van der Waals surface area contributed by atoms with E-state index in [2.05, 4.69) is 36.1 Å². The third-order valence-electron chi connectivity index (χ3n) is 4.68. The van der Waals surface area contributed by atoms with Crippen LogP contribution in [0.2, 0.25) is 19.6 Å². The summed E-state index contributed by atoms with van der Waals surface area (Å²) in [4.78, 5) is 20.6. The Morgan fingerprint density at radius 2 is 1.70 bits per heavy atom. The van der Waals surface area contributed by atoms with Gasteiger partial charge in [-0.3, -0.25) is 4.79 Å². The van der Waals surface area contributed by atoms with Crippen molar-refractivity contribution in [2.24, 2.45) is 0 Å². The molecule has 0 N–H and O–H groups in total. The molecule has 158 valence electrons. The third-order valence-corrected chi connectivity index (χ3v) is 5.56. The highest BCUT2D eigenvalue weighted by molar-refractivity contribution is 6.83. The first-order valence-corrected chi connectivity index (χ1v) is 13.2. The lowest BCUT2D eigenvalue weighted by Crippen LogP contribution is -2.49. The summed E-state index contributed by atoms with van der Waals surface area (Å²) in [6.45, 7) is 8.22. The molecule has 1 aliphatic heterocycles. The second-order valence-corrected chi connectivity index (χ2v) is 13.0. The van der Waals surface area contributed by atoms with E-state index in [1.807, 2.05) is 17.0 Å². The number of benzene rings is 1. The summed E-state index contributed by atoms with van der Waals surface area (Å²) in [5, 5.41) is 0. The van der Waals surface area contributed by atoms with E-state index < -0.39 is 25.7 Å². The molecule has 0 unspecified atom stereocenters. The molecule has 0 aliphatic carbocycles. The standard InChI is InChI=1S/C22H24F3N3OSi/c1-30(2,3)15-10-17-8-9-20(26-16-17)27-11-13-28(14-12-27)21(29)18-6-4-5-7-19(18)22(23,24)25/h4-9,16H,11-14H2,1-3H3. The fraction of sp³-hybridized carbons (Fsp3) is 0.364. The van der Waals surface area contributed by atoms with Crippen LogP contribution in [0.4, 0.5) is 19.0 Å². The van der Waals surface area contributed by atoms with E-state index in [1.54, 1.807) is 6.20 Å². The summed E-state index contributed by atoms with van der Waals surface area (Å²) in [5.41, 5.74) is 2.96. The molecule has 8 heteroatoms. The molecule has 1 saturated heterocycles. The van der Waals surface area contributed by atoms with E-state index in [1.165, 1.54) is 23.1 Å². The Balaban J connectivity index is 1.65. The van der Waals surface area contributed by atoms with Crippen LogP contribution >= 0.6 is 0 Å². The quantitative estimate of drug-likeness (QED) is 0.526. The molecule has 3 rings (SSSR count). The number of piperazine rings is 1. The molecule has 1 aromatic carbocycles. The van der Waals surface area contributed by atoms with Crippen LogP contribution in [0.25, 0.3) is 0 Å². The molecule has 2 heterocycles. The predicted octanol–water partition coefficient (Wildman–Crippen LogP) is 4.29. The Morgan fingerprint density at radius 1 is 1.03 bits per heavy atom. The van der Waals surface area contributed by atoms with Crippen molar-refractivity contribution in [2.45, 2.75) is 25.8 Å². The topological polar surface area (TPSA) is 36.4 Å². The maximum atomic E-state index is 13.2. The van der Waals surface area contributed by atoms with Gasteiger partial charge in [-0.1, -0.05) is 37.7 Å². The second-order valence-electron chi connectivity index (χ2n) is 8.23. The Bertz CT molecular complexity index is 964. The van der Waals surface area contributed by atoms with E-state index >= 15 is 0 Å². The number of alkyl halides is 3. The van der Waals surface area contributed by atoms with Gasteiger partial charge in [-0.25, -0.2) is 4.98 Å². The van der Waals surface area contributed by atoms with Gasteiger partial charge in [-0.15, -0.1) is 5.54 Å². The fourth-order valence-corrected chi connectivity index (χ4v) is 3.65. The molecular formula is C22H24F3N3OSi. The van der Waals surface area contributed by atoms with Gasteiger partial charge in [0, 0.05) is 37.9 Å². The third kappa shape index (κ3) is 5.42. The van der Waals surface area contributed by atoms with E-state index in [9.17, 15) is 18.0 Å². The number of hydrogen-bond acceptors (Lipinski definition) is 3. The summed E-state index contributed by atoms with van der Waals surface area (Å²) >= 11 is 0. The molecule has 0 atom stereocenters. The van der Waals surface area contributed by atoms with Crippen molar-refractivity contribution < 1.29 is 18.0 Å². The number of anilines is 1. The minimum absolute atomic E-state index is 0.304. The van der Waals surface area contributed by atoms with E-state index in [0.717, 1.165) is 17.4 Å². The SMILES string of the molecule is C[Si](C)(C)C#Cc1ccc(N2CCN(C(=O)c3ccccc3C(F)(F)F)CC2)nc1. The van der Waals surface area contributed by atoms with Crippen molar-refractivity contribution >= 4 is 19.8 Å². The van der Waals surface area contributed by atoms with E-state index in [0.29, 0.717) is 26.2 Å². The van der Waals surface area contributed by atoms with Crippen molar-refractivity contribution in [1.29, 1.82) is 0 Å². The van der Waals surface area contributed by atoms with Crippen molar-refractivity contribution in [2.75, 3.05) is 31.1 Å². The largest absolute Gasteiger partial charge is 0.417 e. The number of pyridine rings is 1. The average Bonchev–Trinajstić information content (AvgIpc) is 2.71. The van der Waals surface area contributed by atoms with Gasteiger partial charge in [0.05, 0.1) is 11.1 Å². The number of rotatable bonds is 2. The molecule has 4 nitrogen and oxygen atoms in total. The molecule has 0 spiro atoms. The van der Waals surface area contributed by atoms with Crippen LogP contribution in [0.1, 0.15) is 21.5 Å². The van der Waals surface area contributed by atoms with Gasteiger partial charge in [0.2, 0.25) is 0 Å². The summed E-state index contributed by atoms with van der Waals surface area (Å²) in [7, 11) is -1.46. The Kier molecular flexibility index (Phi) is 6.22. The lowest BCUT2D eigenvalue weighted by molar-refractivity contribution is -0.138. The minimum atomic E-state index is -4.56. The lowest BCUT2D eigenvalue weighted by atomic mass is 10.1. The van der Waals surface area contributed by atoms with Crippen LogP contribution < -0.4 is 4.90 Å². The molecular weight excluding hydrogens is 407 g/mol. The molecule has 1 aromatic heterocycles. The lowest BCUT2D eigenvalue weighted by Gasteiger charge is -2.35. The van der Waals surface area contributed by atoms with Gasteiger partial charge in [-0.2, -0.15) is 13.2 Å². The molecule has 0 bridgehead atoms. The van der Waals surface area contributed by atoms with Crippen LogP contribution in [-0.2, 0) is 6.18 Å². The van der Waals surface area contributed by atoms with Crippen LogP contribution in [0, 0.1) is 11.5 Å². The fourth-order valence-electron chi connectivity index (χ4n) is 3.13. The van der Waals surface area contributed by atoms with Gasteiger partial charge >= 0.3 is 6.18 Å². The molecule has 1 amide bonds. The first-order valence-electron chi connectivity index (χ1n) is 9.74. The highest BCUT2D eigenvalue weighted by atomic mass is 28.3. The van der Waals surface area contributed by atoms with Crippen LogP contribution in [0.3, 0.4) is 0 Å². The summed E-state index contributed by atoms with van der Waals surface area (Å²) in [5.74, 6) is 3.34. The zero-order valence-corrected chi connectivity index (χ0v) is 18.3. The first kappa shape index (κ1) is 21.9. The van der Waals surface area contributed by atoms with Gasteiger partial charge in [0.15, 0.2) is 0 Å². The minimum Gasteiger partial charge on any atom is -0.353 e. The van der Waals surface area contributed by atoms with Gasteiger partial charge in [-0.05, 0) is 24.3 Å². The number of hydrogen-bond donors (Lipinski definition) is 0. The van der Waals surface area contributed by atoms with E-state index in [4.69, 9.17) is 0 Å². The predicted molar refractivity (Wildman–Crippen MR) is 114 cm³/mol. The second kappa shape index (κ2) is 8.52. The zero-order valence-electron chi connectivity index (χ0n) is 17.3.